The zero-order valence-corrected chi connectivity index (χ0v) is 17.4. The summed E-state index contributed by atoms with van der Waals surface area (Å²) in [6.45, 7) is 4.49. The second-order valence-corrected chi connectivity index (χ2v) is 7.06. The van der Waals surface area contributed by atoms with Crippen molar-refractivity contribution in [1.82, 2.24) is 10.5 Å². The SMILES string of the molecule is CCOC(=O)N(c1c(C(O)NOC)oc2ccc(Cl)nc12)C1CCOC(CC)C1. The number of aliphatic hydroxyl groups is 1. The van der Waals surface area contributed by atoms with Gasteiger partial charge in [0.25, 0.3) is 0 Å². The Labute approximate surface area is 173 Å². The van der Waals surface area contributed by atoms with E-state index in [1.807, 2.05) is 6.92 Å². The summed E-state index contributed by atoms with van der Waals surface area (Å²) in [6.07, 6.45) is 0.188. The molecule has 0 saturated carbocycles. The highest BCUT2D eigenvalue weighted by Crippen LogP contribution is 2.39. The molecule has 1 amide bonds. The van der Waals surface area contributed by atoms with Crippen LogP contribution in [0.3, 0.4) is 0 Å². The average Bonchev–Trinajstić information content (AvgIpc) is 3.07. The summed E-state index contributed by atoms with van der Waals surface area (Å²) >= 11 is 6.11. The van der Waals surface area contributed by atoms with Crippen molar-refractivity contribution in [2.45, 2.75) is 51.5 Å². The number of ether oxygens (including phenoxy) is 2. The van der Waals surface area contributed by atoms with Crippen LogP contribution >= 0.6 is 11.6 Å². The van der Waals surface area contributed by atoms with Gasteiger partial charge < -0.3 is 23.8 Å². The van der Waals surface area contributed by atoms with Gasteiger partial charge in [0.15, 0.2) is 17.6 Å². The molecule has 29 heavy (non-hydrogen) atoms. The van der Waals surface area contributed by atoms with Crippen molar-refractivity contribution in [3.8, 4) is 0 Å². The highest BCUT2D eigenvalue weighted by atomic mass is 35.5. The number of rotatable bonds is 7. The number of hydrogen-bond acceptors (Lipinski definition) is 8. The molecular formula is C19H26ClN3O6. The van der Waals surface area contributed by atoms with E-state index in [1.54, 1.807) is 19.1 Å². The number of amides is 1. The predicted molar refractivity (Wildman–Crippen MR) is 107 cm³/mol. The van der Waals surface area contributed by atoms with Gasteiger partial charge in [-0.15, -0.1) is 0 Å². The molecule has 10 heteroatoms. The molecule has 2 aromatic heterocycles. The van der Waals surface area contributed by atoms with Crippen molar-refractivity contribution in [2.75, 3.05) is 25.2 Å². The number of nitrogens with one attached hydrogen (secondary N) is 1. The summed E-state index contributed by atoms with van der Waals surface area (Å²) in [6, 6.07) is 3.00. The molecule has 3 heterocycles. The first-order valence-electron chi connectivity index (χ1n) is 9.63. The Balaban J connectivity index is 2.15. The number of furan rings is 1. The quantitative estimate of drug-likeness (QED) is 0.392. The number of pyridine rings is 1. The maximum atomic E-state index is 13.0. The van der Waals surface area contributed by atoms with Crippen LogP contribution in [-0.2, 0) is 14.3 Å². The Morgan fingerprint density at radius 1 is 1.48 bits per heavy atom. The first-order chi connectivity index (χ1) is 14.0. The van der Waals surface area contributed by atoms with E-state index in [0.29, 0.717) is 36.2 Å². The van der Waals surface area contributed by atoms with Crippen molar-refractivity contribution >= 4 is 34.5 Å². The largest absolute Gasteiger partial charge is 0.453 e. The third-order valence-electron chi connectivity index (χ3n) is 4.85. The van der Waals surface area contributed by atoms with Gasteiger partial charge in [-0.3, -0.25) is 4.90 Å². The van der Waals surface area contributed by atoms with Gasteiger partial charge in [-0.2, -0.15) is 5.48 Å². The lowest BCUT2D eigenvalue weighted by Crippen LogP contribution is -2.46. The van der Waals surface area contributed by atoms with E-state index in [2.05, 4.69) is 10.5 Å². The molecule has 0 aliphatic carbocycles. The first-order valence-corrected chi connectivity index (χ1v) is 10.0. The van der Waals surface area contributed by atoms with Gasteiger partial charge in [-0.25, -0.2) is 9.78 Å². The molecule has 1 aliphatic heterocycles. The van der Waals surface area contributed by atoms with Crippen molar-refractivity contribution in [2.24, 2.45) is 0 Å². The molecular weight excluding hydrogens is 402 g/mol. The van der Waals surface area contributed by atoms with E-state index in [-0.39, 0.29) is 29.7 Å². The number of hydrogen-bond donors (Lipinski definition) is 2. The molecule has 1 aliphatic rings. The van der Waals surface area contributed by atoms with Crippen LogP contribution in [0.15, 0.2) is 16.5 Å². The molecule has 160 valence electrons. The third-order valence-corrected chi connectivity index (χ3v) is 5.06. The van der Waals surface area contributed by atoms with Crippen LogP contribution in [-0.4, -0.2) is 48.7 Å². The molecule has 3 unspecified atom stereocenters. The van der Waals surface area contributed by atoms with E-state index in [4.69, 9.17) is 30.3 Å². The molecule has 9 nitrogen and oxygen atoms in total. The lowest BCUT2D eigenvalue weighted by Gasteiger charge is -2.36. The molecule has 0 radical (unpaired) electrons. The minimum absolute atomic E-state index is 0.0193. The summed E-state index contributed by atoms with van der Waals surface area (Å²) in [5, 5.41) is 10.8. The van der Waals surface area contributed by atoms with Crippen LogP contribution in [0.4, 0.5) is 10.5 Å². The predicted octanol–water partition coefficient (Wildman–Crippen LogP) is 3.54. The average molecular weight is 428 g/mol. The number of fused-ring (bicyclic) bond motifs is 1. The minimum Gasteiger partial charge on any atom is -0.453 e. The fourth-order valence-corrected chi connectivity index (χ4v) is 3.68. The van der Waals surface area contributed by atoms with Gasteiger partial charge in [0.2, 0.25) is 0 Å². The zero-order chi connectivity index (χ0) is 21.0. The van der Waals surface area contributed by atoms with Crippen LogP contribution in [0, 0.1) is 0 Å². The number of carbonyl (C=O) groups excluding carboxylic acids is 1. The van der Waals surface area contributed by atoms with Gasteiger partial charge in [0, 0.05) is 12.6 Å². The molecule has 0 bridgehead atoms. The number of hydroxylamine groups is 1. The molecule has 3 rings (SSSR count). The number of aliphatic hydroxyl groups excluding tert-OH is 1. The van der Waals surface area contributed by atoms with Crippen LogP contribution in [0.2, 0.25) is 5.15 Å². The maximum absolute atomic E-state index is 13.0. The van der Waals surface area contributed by atoms with Crippen molar-refractivity contribution in [3.05, 3.63) is 23.0 Å². The van der Waals surface area contributed by atoms with Gasteiger partial charge in [-0.05, 0) is 38.3 Å². The maximum Gasteiger partial charge on any atom is 0.414 e. The number of halogens is 1. The molecule has 1 saturated heterocycles. The Morgan fingerprint density at radius 3 is 2.97 bits per heavy atom. The van der Waals surface area contributed by atoms with E-state index in [0.717, 1.165) is 6.42 Å². The summed E-state index contributed by atoms with van der Waals surface area (Å²) in [5.74, 6) is 0.0872. The lowest BCUT2D eigenvalue weighted by molar-refractivity contribution is -0.0411. The van der Waals surface area contributed by atoms with Crippen LogP contribution in [0.1, 0.15) is 45.1 Å². The Kier molecular flexibility index (Phi) is 7.31. The molecule has 2 N–H and O–H groups in total. The molecule has 2 aromatic rings. The monoisotopic (exact) mass is 427 g/mol. The number of anilines is 1. The molecule has 0 aromatic carbocycles. The Hall–Kier alpha value is -1.91. The second-order valence-electron chi connectivity index (χ2n) is 6.67. The normalized spacial score (nSPS) is 20.6. The molecule has 0 spiro atoms. The zero-order valence-electron chi connectivity index (χ0n) is 16.7. The number of nitrogens with zero attached hydrogens (tertiary/aromatic N) is 2. The van der Waals surface area contributed by atoms with Crippen molar-refractivity contribution in [3.63, 3.8) is 0 Å². The fourth-order valence-electron chi connectivity index (χ4n) is 3.54. The van der Waals surface area contributed by atoms with Crippen molar-refractivity contribution < 1.29 is 28.6 Å². The fraction of sp³-hybridized carbons (Fsp3) is 0.579. The minimum atomic E-state index is -1.33. The van der Waals surface area contributed by atoms with Crippen molar-refractivity contribution in [1.29, 1.82) is 0 Å². The second kappa shape index (κ2) is 9.73. The number of aromatic nitrogens is 1. The summed E-state index contributed by atoms with van der Waals surface area (Å²) in [7, 11) is 1.37. The third kappa shape index (κ3) is 4.65. The van der Waals surface area contributed by atoms with Gasteiger partial charge in [0.1, 0.15) is 16.4 Å². The van der Waals surface area contributed by atoms with E-state index >= 15 is 0 Å². The highest BCUT2D eigenvalue weighted by molar-refractivity contribution is 6.29. The first kappa shape index (κ1) is 21.8. The van der Waals surface area contributed by atoms with Crippen LogP contribution < -0.4 is 10.4 Å². The van der Waals surface area contributed by atoms with Crippen LogP contribution in [0.5, 0.6) is 0 Å². The summed E-state index contributed by atoms with van der Waals surface area (Å²) in [4.78, 5) is 23.7. The Morgan fingerprint density at radius 2 is 2.28 bits per heavy atom. The summed E-state index contributed by atoms with van der Waals surface area (Å²) in [5.41, 5.74) is 3.47. The van der Waals surface area contributed by atoms with E-state index in [1.165, 1.54) is 12.0 Å². The molecule has 1 fully saturated rings. The number of carbonyl (C=O) groups is 1. The smallest absolute Gasteiger partial charge is 0.414 e. The van der Waals surface area contributed by atoms with Gasteiger partial charge in [0.05, 0.1) is 19.8 Å². The molecule has 3 atom stereocenters. The van der Waals surface area contributed by atoms with E-state index < -0.39 is 12.3 Å². The summed E-state index contributed by atoms with van der Waals surface area (Å²) < 4.78 is 16.9. The van der Waals surface area contributed by atoms with Crippen LogP contribution in [0.25, 0.3) is 11.1 Å². The van der Waals surface area contributed by atoms with Gasteiger partial charge in [-0.1, -0.05) is 18.5 Å². The Bertz CT molecular complexity index is 845. The van der Waals surface area contributed by atoms with Gasteiger partial charge >= 0.3 is 6.09 Å². The highest BCUT2D eigenvalue weighted by Gasteiger charge is 2.37. The topological polar surface area (TPSA) is 106 Å². The lowest BCUT2D eigenvalue weighted by atomic mass is 9.99. The van der Waals surface area contributed by atoms with E-state index in [9.17, 15) is 9.90 Å². The standard InChI is InChI=1S/C19H26ClN3O6/c1-4-12-10-11(8-9-28-12)23(19(25)27-5-2)16-15-13(6-7-14(20)21-15)29-17(16)18(24)22-26-3/h6-7,11-12,18,22,24H,4-5,8-10H2,1-3H3.